The minimum atomic E-state index is -0.333. The molecular formula is C23H20ClN3O2. The van der Waals surface area contributed by atoms with Crippen LogP contribution < -0.4 is 10.7 Å². The Labute approximate surface area is 174 Å². The van der Waals surface area contributed by atoms with Crippen molar-refractivity contribution in [1.82, 2.24) is 5.32 Å². The van der Waals surface area contributed by atoms with E-state index in [0.717, 1.165) is 11.3 Å². The quantitative estimate of drug-likeness (QED) is 0.324. The lowest BCUT2D eigenvalue weighted by atomic mass is 10.0. The minimum absolute atomic E-state index is 0.113. The van der Waals surface area contributed by atoms with Crippen LogP contribution in [0.4, 0.5) is 5.69 Å². The molecule has 0 bridgehead atoms. The second-order valence-corrected chi connectivity index (χ2v) is 6.75. The highest BCUT2D eigenvalue weighted by atomic mass is 35.5. The fraction of sp³-hybridized carbons (Fsp3) is 0.0870. The molecular weight excluding hydrogens is 386 g/mol. The molecule has 6 heteroatoms. The Balaban J connectivity index is 1.73. The number of hydrogen-bond acceptors (Lipinski definition) is 4. The molecule has 0 radical (unpaired) electrons. The highest BCUT2D eigenvalue weighted by molar-refractivity contribution is 6.48. The molecule has 5 nitrogen and oxygen atoms in total. The summed E-state index contributed by atoms with van der Waals surface area (Å²) >= 11 is 5.90. The molecule has 2 N–H and O–H groups in total. The number of para-hydroxylation sites is 1. The molecule has 0 heterocycles. The third-order valence-corrected chi connectivity index (χ3v) is 4.37. The molecule has 29 heavy (non-hydrogen) atoms. The monoisotopic (exact) mass is 405 g/mol. The molecule has 0 saturated heterocycles. The number of benzene rings is 3. The Morgan fingerprint density at radius 2 is 1.45 bits per heavy atom. The SMILES string of the molecule is O=C(C/C(=N/Nc1ccccc1)C(=O)c1ccc(Cl)cc1)NCc1ccccc1. The smallest absolute Gasteiger partial charge is 0.226 e. The first kappa shape index (κ1) is 20.3. The van der Waals surface area contributed by atoms with Crippen LogP contribution in [0.1, 0.15) is 22.3 Å². The van der Waals surface area contributed by atoms with Crippen LogP contribution in [0, 0.1) is 0 Å². The van der Waals surface area contributed by atoms with Crippen LogP contribution in [-0.2, 0) is 11.3 Å². The van der Waals surface area contributed by atoms with Gasteiger partial charge in [-0.1, -0.05) is 60.1 Å². The number of anilines is 1. The van der Waals surface area contributed by atoms with Gasteiger partial charge in [-0.15, -0.1) is 0 Å². The molecule has 3 aromatic rings. The van der Waals surface area contributed by atoms with E-state index in [1.807, 2.05) is 60.7 Å². The van der Waals surface area contributed by atoms with E-state index in [1.54, 1.807) is 24.3 Å². The lowest BCUT2D eigenvalue weighted by Crippen LogP contribution is -2.29. The van der Waals surface area contributed by atoms with Crippen LogP contribution in [0.2, 0.25) is 5.02 Å². The second kappa shape index (κ2) is 10.2. The molecule has 0 aliphatic carbocycles. The van der Waals surface area contributed by atoms with Gasteiger partial charge in [0.2, 0.25) is 11.7 Å². The summed E-state index contributed by atoms with van der Waals surface area (Å²) in [6.45, 7) is 0.383. The standard InChI is InChI=1S/C23H20ClN3O2/c24-19-13-11-18(12-14-19)23(29)21(27-26-20-9-5-2-6-10-20)15-22(28)25-16-17-7-3-1-4-8-17/h1-14,26H,15-16H2,(H,25,28)/b27-21-. The largest absolute Gasteiger partial charge is 0.352 e. The summed E-state index contributed by atoms with van der Waals surface area (Å²) < 4.78 is 0. The number of halogens is 1. The van der Waals surface area contributed by atoms with E-state index in [2.05, 4.69) is 15.8 Å². The van der Waals surface area contributed by atoms with Crippen LogP contribution in [-0.4, -0.2) is 17.4 Å². The van der Waals surface area contributed by atoms with Crippen molar-refractivity contribution in [2.24, 2.45) is 5.10 Å². The molecule has 3 rings (SSSR count). The van der Waals surface area contributed by atoms with Crippen LogP contribution in [0.15, 0.2) is 90.0 Å². The first-order valence-corrected chi connectivity index (χ1v) is 9.48. The number of hydrazone groups is 1. The van der Waals surface area contributed by atoms with Gasteiger partial charge in [0.1, 0.15) is 5.71 Å². The van der Waals surface area contributed by atoms with E-state index in [4.69, 9.17) is 11.6 Å². The van der Waals surface area contributed by atoms with Crippen molar-refractivity contribution in [3.63, 3.8) is 0 Å². The Morgan fingerprint density at radius 1 is 0.828 bits per heavy atom. The Hall–Kier alpha value is -3.44. The molecule has 146 valence electrons. The summed E-state index contributed by atoms with van der Waals surface area (Å²) in [5.41, 5.74) is 5.07. The predicted molar refractivity (Wildman–Crippen MR) is 116 cm³/mol. The molecule has 0 aliphatic rings. The summed E-state index contributed by atoms with van der Waals surface area (Å²) in [4.78, 5) is 25.3. The van der Waals surface area contributed by atoms with Crippen LogP contribution in [0.25, 0.3) is 0 Å². The molecule has 0 saturated carbocycles. The maximum absolute atomic E-state index is 12.9. The normalized spacial score (nSPS) is 11.0. The molecule has 0 atom stereocenters. The molecule has 0 unspecified atom stereocenters. The van der Waals surface area contributed by atoms with Gasteiger partial charge in [0.15, 0.2) is 0 Å². The maximum Gasteiger partial charge on any atom is 0.226 e. The van der Waals surface area contributed by atoms with Crippen LogP contribution in [0.5, 0.6) is 0 Å². The highest BCUT2D eigenvalue weighted by Gasteiger charge is 2.18. The topological polar surface area (TPSA) is 70.6 Å². The van der Waals surface area contributed by atoms with Gasteiger partial charge in [0.05, 0.1) is 12.1 Å². The molecule has 0 aromatic heterocycles. The number of Topliss-reactive ketones (excluding diaryl/α,β-unsaturated/α-hetero) is 1. The zero-order valence-corrected chi connectivity index (χ0v) is 16.4. The number of rotatable bonds is 8. The Bertz CT molecular complexity index is 988. The van der Waals surface area contributed by atoms with E-state index in [9.17, 15) is 9.59 Å². The number of nitrogens with one attached hydrogen (secondary N) is 2. The van der Waals surface area contributed by atoms with Crippen molar-refractivity contribution in [2.45, 2.75) is 13.0 Å². The predicted octanol–water partition coefficient (Wildman–Crippen LogP) is 4.70. The molecule has 3 aromatic carbocycles. The van der Waals surface area contributed by atoms with Crippen molar-refractivity contribution in [3.8, 4) is 0 Å². The van der Waals surface area contributed by atoms with Gasteiger partial charge in [-0.3, -0.25) is 15.0 Å². The first-order valence-electron chi connectivity index (χ1n) is 9.10. The second-order valence-electron chi connectivity index (χ2n) is 6.31. The molecule has 0 spiro atoms. The van der Waals surface area contributed by atoms with Crippen molar-refractivity contribution < 1.29 is 9.59 Å². The van der Waals surface area contributed by atoms with E-state index in [-0.39, 0.29) is 23.8 Å². The van der Waals surface area contributed by atoms with E-state index in [1.165, 1.54) is 0 Å². The molecule has 0 fully saturated rings. The fourth-order valence-electron chi connectivity index (χ4n) is 2.59. The molecule has 1 amide bonds. The summed E-state index contributed by atoms with van der Waals surface area (Å²) in [5.74, 6) is -0.621. The number of carbonyl (C=O) groups excluding carboxylic acids is 2. The highest BCUT2D eigenvalue weighted by Crippen LogP contribution is 2.12. The maximum atomic E-state index is 12.9. The number of hydrogen-bond donors (Lipinski definition) is 2. The third-order valence-electron chi connectivity index (χ3n) is 4.12. The van der Waals surface area contributed by atoms with Gasteiger partial charge >= 0.3 is 0 Å². The number of ketones is 1. The Morgan fingerprint density at radius 3 is 2.10 bits per heavy atom. The summed E-state index contributed by atoms with van der Waals surface area (Å²) in [6.07, 6.45) is -0.145. The van der Waals surface area contributed by atoms with Gasteiger partial charge in [0.25, 0.3) is 0 Å². The Kier molecular flexibility index (Phi) is 7.14. The summed E-state index contributed by atoms with van der Waals surface area (Å²) in [7, 11) is 0. The van der Waals surface area contributed by atoms with Crippen molar-refractivity contribution >= 4 is 34.7 Å². The van der Waals surface area contributed by atoms with Gasteiger partial charge in [-0.05, 0) is 42.0 Å². The fourth-order valence-corrected chi connectivity index (χ4v) is 2.72. The summed E-state index contributed by atoms with van der Waals surface area (Å²) in [6, 6.07) is 25.3. The van der Waals surface area contributed by atoms with Gasteiger partial charge in [-0.2, -0.15) is 5.10 Å². The summed E-state index contributed by atoms with van der Waals surface area (Å²) in [5, 5.41) is 7.56. The lowest BCUT2D eigenvalue weighted by molar-refractivity contribution is -0.120. The van der Waals surface area contributed by atoms with E-state index < -0.39 is 0 Å². The average Bonchev–Trinajstić information content (AvgIpc) is 2.76. The van der Waals surface area contributed by atoms with Gasteiger partial charge in [-0.25, -0.2) is 0 Å². The number of carbonyl (C=O) groups is 2. The van der Waals surface area contributed by atoms with E-state index >= 15 is 0 Å². The number of amides is 1. The van der Waals surface area contributed by atoms with Crippen molar-refractivity contribution in [3.05, 3.63) is 101 Å². The lowest BCUT2D eigenvalue weighted by Gasteiger charge is -2.09. The van der Waals surface area contributed by atoms with Crippen LogP contribution >= 0.6 is 11.6 Å². The minimum Gasteiger partial charge on any atom is -0.352 e. The van der Waals surface area contributed by atoms with Gasteiger partial charge in [0, 0.05) is 17.1 Å². The van der Waals surface area contributed by atoms with Crippen LogP contribution in [0.3, 0.4) is 0 Å². The average molecular weight is 406 g/mol. The number of nitrogens with zero attached hydrogens (tertiary/aromatic N) is 1. The van der Waals surface area contributed by atoms with Gasteiger partial charge < -0.3 is 5.32 Å². The molecule has 0 aliphatic heterocycles. The zero-order valence-electron chi connectivity index (χ0n) is 15.6. The van der Waals surface area contributed by atoms with Crippen molar-refractivity contribution in [2.75, 3.05) is 5.43 Å². The first-order chi connectivity index (χ1) is 14.1. The third kappa shape index (κ3) is 6.30. The zero-order chi connectivity index (χ0) is 20.5. The van der Waals surface area contributed by atoms with E-state index in [0.29, 0.717) is 17.1 Å². The van der Waals surface area contributed by atoms with Crippen molar-refractivity contribution in [1.29, 1.82) is 0 Å².